The fourth-order valence-corrected chi connectivity index (χ4v) is 2.90. The third kappa shape index (κ3) is 3.86. The molecule has 0 unspecified atom stereocenters. The van der Waals surface area contributed by atoms with Crippen LogP contribution >= 0.6 is 0 Å². The molecule has 3 aromatic rings. The minimum atomic E-state index is -0.0278. The second-order valence-corrected chi connectivity index (χ2v) is 6.21. The van der Waals surface area contributed by atoms with Crippen LogP contribution in [0.4, 0.5) is 17.6 Å². The number of pyridine rings is 1. The van der Waals surface area contributed by atoms with E-state index in [2.05, 4.69) is 30.3 Å². The van der Waals surface area contributed by atoms with Gasteiger partial charge in [0.1, 0.15) is 11.6 Å². The number of piperazine rings is 1. The first kappa shape index (κ1) is 17.0. The molecule has 138 valence electrons. The van der Waals surface area contributed by atoms with Crippen LogP contribution < -0.4 is 10.2 Å². The number of hydrogen-bond acceptors (Lipinski definition) is 8. The van der Waals surface area contributed by atoms with Crippen molar-refractivity contribution in [1.29, 1.82) is 0 Å². The van der Waals surface area contributed by atoms with E-state index in [1.165, 1.54) is 0 Å². The Bertz CT molecular complexity index is 903. The van der Waals surface area contributed by atoms with Crippen molar-refractivity contribution in [2.75, 3.05) is 36.4 Å². The van der Waals surface area contributed by atoms with Gasteiger partial charge < -0.3 is 19.6 Å². The molecule has 4 heterocycles. The highest BCUT2D eigenvalue weighted by Gasteiger charge is 2.23. The van der Waals surface area contributed by atoms with Crippen LogP contribution in [0.3, 0.4) is 0 Å². The van der Waals surface area contributed by atoms with Crippen molar-refractivity contribution in [1.82, 2.24) is 25.0 Å². The van der Waals surface area contributed by atoms with Gasteiger partial charge in [0, 0.05) is 50.8 Å². The normalized spacial score (nSPS) is 14.3. The van der Waals surface area contributed by atoms with Crippen LogP contribution in [0.15, 0.2) is 47.4 Å². The highest BCUT2D eigenvalue weighted by molar-refractivity contribution is 5.94. The topological polar surface area (TPSA) is 100 Å². The molecule has 27 heavy (non-hydrogen) atoms. The Hall–Kier alpha value is -3.49. The zero-order valence-electron chi connectivity index (χ0n) is 14.9. The molecule has 1 N–H and O–H groups in total. The number of anilines is 3. The summed E-state index contributed by atoms with van der Waals surface area (Å²) >= 11 is 0. The summed E-state index contributed by atoms with van der Waals surface area (Å²) in [5.41, 5.74) is 0.557. The van der Waals surface area contributed by atoms with Crippen LogP contribution in [0.5, 0.6) is 0 Å². The lowest BCUT2D eigenvalue weighted by Gasteiger charge is -2.34. The third-order valence-electron chi connectivity index (χ3n) is 4.30. The molecule has 1 fully saturated rings. The second-order valence-electron chi connectivity index (χ2n) is 6.21. The van der Waals surface area contributed by atoms with Gasteiger partial charge in [0.2, 0.25) is 5.95 Å². The number of carbonyl (C=O) groups is 1. The van der Waals surface area contributed by atoms with Gasteiger partial charge in [-0.25, -0.2) is 15.0 Å². The molecule has 0 atom stereocenters. The van der Waals surface area contributed by atoms with Crippen LogP contribution in [0.2, 0.25) is 0 Å². The molecule has 4 rings (SSSR count). The van der Waals surface area contributed by atoms with Gasteiger partial charge in [-0.2, -0.15) is 0 Å². The molecule has 1 saturated heterocycles. The molecule has 0 bridgehead atoms. The van der Waals surface area contributed by atoms with Crippen LogP contribution in [0.1, 0.15) is 16.1 Å². The van der Waals surface area contributed by atoms with Gasteiger partial charge in [0.05, 0.1) is 5.56 Å². The molecule has 3 aromatic heterocycles. The zero-order chi connectivity index (χ0) is 18.6. The molecule has 0 spiro atoms. The summed E-state index contributed by atoms with van der Waals surface area (Å²) in [5.74, 6) is 2.57. The van der Waals surface area contributed by atoms with Crippen LogP contribution in [-0.4, -0.2) is 57.1 Å². The van der Waals surface area contributed by atoms with E-state index in [4.69, 9.17) is 4.52 Å². The number of aryl methyl sites for hydroxylation is 1. The van der Waals surface area contributed by atoms with Gasteiger partial charge in [-0.1, -0.05) is 5.16 Å². The van der Waals surface area contributed by atoms with Crippen LogP contribution in [0.25, 0.3) is 0 Å². The van der Waals surface area contributed by atoms with Crippen molar-refractivity contribution < 1.29 is 9.32 Å². The number of nitrogens with one attached hydrogen (secondary N) is 1. The van der Waals surface area contributed by atoms with Crippen molar-refractivity contribution in [3.8, 4) is 0 Å². The second kappa shape index (κ2) is 7.40. The summed E-state index contributed by atoms with van der Waals surface area (Å²) in [6, 6.07) is 7.08. The Morgan fingerprint density at radius 2 is 1.85 bits per heavy atom. The van der Waals surface area contributed by atoms with Crippen molar-refractivity contribution in [2.45, 2.75) is 6.92 Å². The molecule has 9 heteroatoms. The van der Waals surface area contributed by atoms with Gasteiger partial charge in [0.15, 0.2) is 5.82 Å². The summed E-state index contributed by atoms with van der Waals surface area (Å²) in [6.45, 7) is 4.46. The standard InChI is InChI=1S/C18H19N7O2/c1-13-11-16(23-27-13)22-15-4-3-14(12-21-15)17(26)24-7-9-25(10-8-24)18-19-5-2-6-20-18/h2-6,11-12H,7-10H2,1H3,(H,21,22,23). The summed E-state index contributed by atoms with van der Waals surface area (Å²) in [7, 11) is 0. The maximum absolute atomic E-state index is 12.7. The van der Waals surface area contributed by atoms with Crippen molar-refractivity contribution in [2.24, 2.45) is 0 Å². The van der Waals surface area contributed by atoms with E-state index in [0.29, 0.717) is 55.1 Å². The first-order valence-electron chi connectivity index (χ1n) is 8.67. The van der Waals surface area contributed by atoms with E-state index in [9.17, 15) is 4.79 Å². The van der Waals surface area contributed by atoms with Gasteiger partial charge >= 0.3 is 0 Å². The Labute approximate surface area is 156 Å². The van der Waals surface area contributed by atoms with Gasteiger partial charge in [-0.15, -0.1) is 0 Å². The van der Waals surface area contributed by atoms with Crippen LogP contribution in [0, 0.1) is 6.92 Å². The maximum atomic E-state index is 12.7. The Kier molecular flexibility index (Phi) is 4.65. The summed E-state index contributed by atoms with van der Waals surface area (Å²) < 4.78 is 5.00. The largest absolute Gasteiger partial charge is 0.360 e. The number of hydrogen-bond donors (Lipinski definition) is 1. The van der Waals surface area contributed by atoms with E-state index >= 15 is 0 Å². The monoisotopic (exact) mass is 365 g/mol. The Morgan fingerprint density at radius 3 is 2.48 bits per heavy atom. The fraction of sp³-hybridized carbons (Fsp3) is 0.278. The average Bonchev–Trinajstić information content (AvgIpc) is 3.13. The Morgan fingerprint density at radius 1 is 1.07 bits per heavy atom. The number of aromatic nitrogens is 4. The number of amides is 1. The molecule has 0 saturated carbocycles. The van der Waals surface area contributed by atoms with E-state index in [1.807, 2.05) is 11.8 Å². The fourth-order valence-electron chi connectivity index (χ4n) is 2.90. The van der Waals surface area contributed by atoms with E-state index in [-0.39, 0.29) is 5.91 Å². The average molecular weight is 365 g/mol. The highest BCUT2D eigenvalue weighted by atomic mass is 16.5. The number of rotatable bonds is 4. The lowest BCUT2D eigenvalue weighted by atomic mass is 10.2. The van der Waals surface area contributed by atoms with E-state index in [1.54, 1.807) is 42.9 Å². The molecule has 0 aromatic carbocycles. The molecule has 0 aliphatic carbocycles. The van der Waals surface area contributed by atoms with Gasteiger partial charge in [-0.05, 0) is 25.1 Å². The van der Waals surface area contributed by atoms with Gasteiger partial charge in [0.25, 0.3) is 5.91 Å². The number of nitrogens with zero attached hydrogens (tertiary/aromatic N) is 6. The third-order valence-corrected chi connectivity index (χ3v) is 4.30. The van der Waals surface area contributed by atoms with Crippen molar-refractivity contribution in [3.63, 3.8) is 0 Å². The lowest BCUT2D eigenvalue weighted by molar-refractivity contribution is 0.0746. The van der Waals surface area contributed by atoms with Crippen LogP contribution in [-0.2, 0) is 0 Å². The minimum absolute atomic E-state index is 0.0278. The molecule has 1 aliphatic rings. The SMILES string of the molecule is Cc1cc(Nc2ccc(C(=O)N3CCN(c4ncccn4)CC3)cn2)no1. The summed E-state index contributed by atoms with van der Waals surface area (Å²) in [4.78, 5) is 29.4. The van der Waals surface area contributed by atoms with Gasteiger partial charge in [-0.3, -0.25) is 4.79 Å². The first-order chi connectivity index (χ1) is 13.2. The van der Waals surface area contributed by atoms with E-state index < -0.39 is 0 Å². The minimum Gasteiger partial charge on any atom is -0.360 e. The number of carbonyl (C=O) groups excluding carboxylic acids is 1. The van der Waals surface area contributed by atoms with E-state index in [0.717, 1.165) is 0 Å². The zero-order valence-corrected chi connectivity index (χ0v) is 14.9. The maximum Gasteiger partial charge on any atom is 0.255 e. The molecular formula is C18H19N7O2. The predicted octanol–water partition coefficient (Wildman–Crippen LogP) is 1.87. The highest BCUT2D eigenvalue weighted by Crippen LogP contribution is 2.16. The molecule has 9 nitrogen and oxygen atoms in total. The van der Waals surface area contributed by atoms with Crippen molar-refractivity contribution in [3.05, 3.63) is 54.2 Å². The molecular weight excluding hydrogens is 346 g/mol. The molecule has 1 aliphatic heterocycles. The first-order valence-corrected chi connectivity index (χ1v) is 8.67. The summed E-state index contributed by atoms with van der Waals surface area (Å²) in [5, 5.41) is 6.89. The predicted molar refractivity (Wildman–Crippen MR) is 98.9 cm³/mol. The molecule has 1 amide bonds. The lowest BCUT2D eigenvalue weighted by Crippen LogP contribution is -2.49. The smallest absolute Gasteiger partial charge is 0.255 e. The molecule has 0 radical (unpaired) electrons. The van der Waals surface area contributed by atoms with Crippen molar-refractivity contribution >= 4 is 23.5 Å². The quantitative estimate of drug-likeness (QED) is 0.748. The Balaban J connectivity index is 1.36. The summed E-state index contributed by atoms with van der Waals surface area (Å²) in [6.07, 6.45) is 5.02.